The first-order valence-corrected chi connectivity index (χ1v) is 8.76. The number of hydrogen-bond acceptors (Lipinski definition) is 4. The van der Waals surface area contributed by atoms with Crippen molar-refractivity contribution in [2.45, 2.75) is 30.8 Å². The van der Waals surface area contributed by atoms with Gasteiger partial charge in [-0.15, -0.1) is 0 Å². The lowest BCUT2D eigenvalue weighted by atomic mass is 10.1. The minimum absolute atomic E-state index is 0.0311. The zero-order valence-corrected chi connectivity index (χ0v) is 13.8. The van der Waals surface area contributed by atoms with Gasteiger partial charge in [-0.05, 0) is 31.9 Å². The molecule has 1 aromatic heterocycles. The standard InChI is InChI=1S/C17H19N3O2S/c1-2-18-15(21)10-23-16-9-13(17(22)19-11-7-8-11)12-5-3-4-6-14(12)20-16/h3-6,9,11H,2,7-8,10H2,1H3,(H,18,21)(H,19,22). The largest absolute Gasteiger partial charge is 0.356 e. The molecule has 0 unspecified atom stereocenters. The summed E-state index contributed by atoms with van der Waals surface area (Å²) in [5.41, 5.74) is 1.40. The summed E-state index contributed by atoms with van der Waals surface area (Å²) in [6.45, 7) is 2.50. The average Bonchev–Trinajstić information content (AvgIpc) is 3.36. The van der Waals surface area contributed by atoms with Gasteiger partial charge in [0.2, 0.25) is 5.91 Å². The lowest BCUT2D eigenvalue weighted by molar-refractivity contribution is -0.118. The zero-order chi connectivity index (χ0) is 16.2. The van der Waals surface area contributed by atoms with Crippen LogP contribution in [0.25, 0.3) is 10.9 Å². The molecule has 0 radical (unpaired) electrons. The molecule has 1 aromatic carbocycles. The molecule has 0 spiro atoms. The highest BCUT2D eigenvalue weighted by Crippen LogP contribution is 2.26. The molecular weight excluding hydrogens is 310 g/mol. The molecule has 5 nitrogen and oxygen atoms in total. The van der Waals surface area contributed by atoms with E-state index in [9.17, 15) is 9.59 Å². The van der Waals surface area contributed by atoms with Crippen LogP contribution in [0.4, 0.5) is 0 Å². The van der Waals surface area contributed by atoms with E-state index in [1.165, 1.54) is 11.8 Å². The van der Waals surface area contributed by atoms with Gasteiger partial charge < -0.3 is 10.6 Å². The highest BCUT2D eigenvalue weighted by atomic mass is 32.2. The number of pyridine rings is 1. The van der Waals surface area contributed by atoms with Crippen LogP contribution in [0.5, 0.6) is 0 Å². The molecule has 6 heteroatoms. The van der Waals surface area contributed by atoms with Gasteiger partial charge in [-0.1, -0.05) is 30.0 Å². The van der Waals surface area contributed by atoms with E-state index in [1.54, 1.807) is 6.07 Å². The quantitative estimate of drug-likeness (QED) is 0.798. The Labute approximate surface area is 139 Å². The summed E-state index contributed by atoms with van der Waals surface area (Å²) in [5, 5.41) is 7.31. The van der Waals surface area contributed by atoms with Crippen molar-refractivity contribution >= 4 is 34.5 Å². The number of rotatable bonds is 6. The average molecular weight is 329 g/mol. The minimum atomic E-state index is -0.0639. The second-order valence-electron chi connectivity index (χ2n) is 5.52. The van der Waals surface area contributed by atoms with Crippen LogP contribution in [0.2, 0.25) is 0 Å². The van der Waals surface area contributed by atoms with Crippen LogP contribution >= 0.6 is 11.8 Å². The lowest BCUT2D eigenvalue weighted by Gasteiger charge is -2.10. The van der Waals surface area contributed by atoms with Gasteiger partial charge in [0, 0.05) is 18.0 Å². The topological polar surface area (TPSA) is 71.1 Å². The van der Waals surface area contributed by atoms with Gasteiger partial charge in [-0.2, -0.15) is 0 Å². The molecule has 1 aliphatic rings. The number of benzene rings is 1. The van der Waals surface area contributed by atoms with Crippen molar-refractivity contribution in [1.82, 2.24) is 15.6 Å². The maximum Gasteiger partial charge on any atom is 0.252 e. The second kappa shape index (κ2) is 7.00. The van der Waals surface area contributed by atoms with Crippen LogP contribution < -0.4 is 10.6 Å². The highest BCUT2D eigenvalue weighted by molar-refractivity contribution is 7.99. The summed E-state index contributed by atoms with van der Waals surface area (Å²) < 4.78 is 0. The predicted octanol–water partition coefficient (Wildman–Crippen LogP) is 2.36. The molecule has 2 aromatic rings. The summed E-state index contributed by atoms with van der Waals surface area (Å²) in [4.78, 5) is 28.6. The molecule has 2 amide bonds. The van der Waals surface area contributed by atoms with Crippen LogP contribution in [0.1, 0.15) is 30.1 Å². The van der Waals surface area contributed by atoms with Crippen molar-refractivity contribution < 1.29 is 9.59 Å². The van der Waals surface area contributed by atoms with Crippen LogP contribution in [0.3, 0.4) is 0 Å². The Hall–Kier alpha value is -2.08. The maximum atomic E-state index is 12.5. The Bertz CT molecular complexity index is 744. The molecule has 0 bridgehead atoms. The van der Waals surface area contributed by atoms with Crippen molar-refractivity contribution in [3.8, 4) is 0 Å². The zero-order valence-electron chi connectivity index (χ0n) is 13.0. The number of carbonyl (C=O) groups excluding carboxylic acids is 2. The fraction of sp³-hybridized carbons (Fsp3) is 0.353. The van der Waals surface area contributed by atoms with E-state index in [1.807, 2.05) is 31.2 Å². The van der Waals surface area contributed by atoms with E-state index in [2.05, 4.69) is 15.6 Å². The number of carbonyl (C=O) groups is 2. The first-order chi connectivity index (χ1) is 11.2. The van der Waals surface area contributed by atoms with E-state index in [0.29, 0.717) is 28.9 Å². The number of hydrogen-bond donors (Lipinski definition) is 2. The molecule has 1 heterocycles. The van der Waals surface area contributed by atoms with Crippen LogP contribution in [0, 0.1) is 0 Å². The number of thioether (sulfide) groups is 1. The van der Waals surface area contributed by atoms with Crippen molar-refractivity contribution in [2.24, 2.45) is 0 Å². The number of nitrogens with one attached hydrogen (secondary N) is 2. The molecule has 0 saturated heterocycles. The molecule has 3 rings (SSSR count). The SMILES string of the molecule is CCNC(=O)CSc1cc(C(=O)NC2CC2)c2ccccc2n1. The monoisotopic (exact) mass is 329 g/mol. The fourth-order valence-electron chi connectivity index (χ4n) is 2.29. The molecule has 1 aliphatic carbocycles. The minimum Gasteiger partial charge on any atom is -0.356 e. The Morgan fingerprint density at radius 3 is 2.83 bits per heavy atom. The summed E-state index contributed by atoms with van der Waals surface area (Å²) in [6.07, 6.45) is 2.10. The van der Waals surface area contributed by atoms with Crippen LogP contribution in [0.15, 0.2) is 35.4 Å². The summed E-state index contributed by atoms with van der Waals surface area (Å²) in [6, 6.07) is 9.68. The molecule has 1 saturated carbocycles. The predicted molar refractivity (Wildman–Crippen MR) is 91.6 cm³/mol. The summed E-state index contributed by atoms with van der Waals surface area (Å²) in [5.74, 6) is 0.200. The van der Waals surface area contributed by atoms with E-state index in [4.69, 9.17) is 0 Å². The van der Waals surface area contributed by atoms with Gasteiger partial charge in [0.05, 0.1) is 21.9 Å². The second-order valence-corrected chi connectivity index (χ2v) is 6.51. The third kappa shape index (κ3) is 4.01. The maximum absolute atomic E-state index is 12.5. The Morgan fingerprint density at radius 1 is 1.30 bits per heavy atom. The molecule has 0 aliphatic heterocycles. The van der Waals surface area contributed by atoms with E-state index < -0.39 is 0 Å². The van der Waals surface area contributed by atoms with Gasteiger partial charge in [0.25, 0.3) is 5.91 Å². The van der Waals surface area contributed by atoms with Crippen LogP contribution in [-0.2, 0) is 4.79 Å². The Balaban J connectivity index is 1.86. The third-order valence-corrected chi connectivity index (χ3v) is 4.49. The van der Waals surface area contributed by atoms with Crippen LogP contribution in [-0.4, -0.2) is 35.1 Å². The molecule has 0 atom stereocenters. The number of para-hydroxylation sites is 1. The van der Waals surface area contributed by atoms with E-state index >= 15 is 0 Å². The van der Waals surface area contributed by atoms with Gasteiger partial charge in [0.15, 0.2) is 0 Å². The fourth-order valence-corrected chi connectivity index (χ4v) is 3.04. The Kier molecular flexibility index (Phi) is 4.81. The number of aromatic nitrogens is 1. The smallest absolute Gasteiger partial charge is 0.252 e. The molecule has 2 N–H and O–H groups in total. The van der Waals surface area contributed by atoms with Gasteiger partial charge >= 0.3 is 0 Å². The number of nitrogens with zero attached hydrogens (tertiary/aromatic N) is 1. The third-order valence-electron chi connectivity index (χ3n) is 3.57. The van der Waals surface area contributed by atoms with Gasteiger partial charge in [-0.3, -0.25) is 9.59 Å². The van der Waals surface area contributed by atoms with E-state index in [-0.39, 0.29) is 11.8 Å². The summed E-state index contributed by atoms with van der Waals surface area (Å²) in [7, 11) is 0. The molecule has 23 heavy (non-hydrogen) atoms. The number of amides is 2. The highest BCUT2D eigenvalue weighted by Gasteiger charge is 2.25. The van der Waals surface area contributed by atoms with E-state index in [0.717, 1.165) is 23.7 Å². The Morgan fingerprint density at radius 2 is 2.09 bits per heavy atom. The first kappa shape index (κ1) is 15.8. The molecular formula is C17H19N3O2S. The van der Waals surface area contributed by atoms with Gasteiger partial charge in [-0.25, -0.2) is 4.98 Å². The molecule has 120 valence electrons. The van der Waals surface area contributed by atoms with Crippen molar-refractivity contribution in [1.29, 1.82) is 0 Å². The van der Waals surface area contributed by atoms with Gasteiger partial charge in [0.1, 0.15) is 0 Å². The normalized spacial score (nSPS) is 13.8. The van der Waals surface area contributed by atoms with Crippen molar-refractivity contribution in [3.63, 3.8) is 0 Å². The van der Waals surface area contributed by atoms with Crippen molar-refractivity contribution in [2.75, 3.05) is 12.3 Å². The van der Waals surface area contributed by atoms with Crippen molar-refractivity contribution in [3.05, 3.63) is 35.9 Å². The number of fused-ring (bicyclic) bond motifs is 1. The molecule has 1 fully saturated rings. The summed E-state index contributed by atoms with van der Waals surface area (Å²) >= 11 is 1.35. The first-order valence-electron chi connectivity index (χ1n) is 7.77. The lowest BCUT2D eigenvalue weighted by Crippen LogP contribution is -2.26.